The van der Waals surface area contributed by atoms with Crippen LogP contribution in [0.5, 0.6) is 0 Å². The predicted molar refractivity (Wildman–Crippen MR) is 69.0 cm³/mol. The summed E-state index contributed by atoms with van der Waals surface area (Å²) in [4.78, 5) is 11.6. The van der Waals surface area contributed by atoms with Gasteiger partial charge in [-0.2, -0.15) is 0 Å². The Morgan fingerprint density at radius 3 is 2.65 bits per heavy atom. The van der Waals surface area contributed by atoms with Gasteiger partial charge < -0.3 is 14.6 Å². The lowest BCUT2D eigenvalue weighted by molar-refractivity contribution is -0.576. The van der Waals surface area contributed by atoms with E-state index in [1.807, 2.05) is 13.8 Å². The minimum Gasteiger partial charge on any atom is -0.368 e. The summed E-state index contributed by atoms with van der Waals surface area (Å²) in [6.45, 7) is 6.22. The molecule has 20 heavy (non-hydrogen) atoms. The van der Waals surface area contributed by atoms with E-state index < -0.39 is 24.0 Å². The highest BCUT2D eigenvalue weighted by molar-refractivity contribution is 5.08. The van der Waals surface area contributed by atoms with Crippen molar-refractivity contribution >= 4 is 0 Å². The van der Waals surface area contributed by atoms with Crippen LogP contribution in [-0.2, 0) is 19.2 Å². The minimum absolute atomic E-state index is 0.0379. The van der Waals surface area contributed by atoms with Crippen LogP contribution in [0, 0.1) is 23.7 Å². The smallest absolute Gasteiger partial charge is 0.201 e. The summed E-state index contributed by atoms with van der Waals surface area (Å²) in [5.41, 5.74) is -0.549. The first-order valence-corrected chi connectivity index (χ1v) is 7.84. The number of rotatable bonds is 0. The van der Waals surface area contributed by atoms with Crippen LogP contribution in [0.2, 0.25) is 0 Å². The van der Waals surface area contributed by atoms with Gasteiger partial charge in [0.1, 0.15) is 0 Å². The maximum atomic E-state index is 10.2. The van der Waals surface area contributed by atoms with E-state index in [0.717, 1.165) is 19.3 Å². The second-order valence-corrected chi connectivity index (χ2v) is 7.30. The number of aliphatic hydroxyl groups is 1. The van der Waals surface area contributed by atoms with Crippen molar-refractivity contribution in [1.29, 1.82) is 0 Å². The summed E-state index contributed by atoms with van der Waals surface area (Å²) in [6.07, 6.45) is 2.72. The Kier molecular flexibility index (Phi) is 2.81. The normalized spacial score (nSPS) is 61.8. The summed E-state index contributed by atoms with van der Waals surface area (Å²) in [5, 5.41) is 10.2. The molecule has 0 amide bonds. The lowest BCUT2D eigenvalue weighted by Crippen LogP contribution is -2.70. The molecule has 4 aliphatic heterocycles. The third-order valence-corrected chi connectivity index (χ3v) is 6.12. The lowest BCUT2D eigenvalue weighted by Gasteiger charge is -2.59. The molecule has 0 aromatic carbocycles. The van der Waals surface area contributed by atoms with Gasteiger partial charge in [-0.05, 0) is 38.0 Å². The Bertz CT molecular complexity index is 411. The summed E-state index contributed by atoms with van der Waals surface area (Å²) in [6, 6.07) is 0. The molecule has 4 heterocycles. The van der Waals surface area contributed by atoms with Gasteiger partial charge in [0.2, 0.25) is 5.79 Å². The molecule has 5 heteroatoms. The van der Waals surface area contributed by atoms with E-state index >= 15 is 0 Å². The number of fused-ring (bicyclic) bond motifs is 2. The molecule has 1 spiro atoms. The Balaban J connectivity index is 1.82. The van der Waals surface area contributed by atoms with Crippen LogP contribution >= 0.6 is 0 Å². The summed E-state index contributed by atoms with van der Waals surface area (Å²) in [5.74, 6) is 0.437. The Morgan fingerprint density at radius 2 is 1.85 bits per heavy atom. The van der Waals surface area contributed by atoms with Crippen LogP contribution in [0.4, 0.5) is 0 Å². The van der Waals surface area contributed by atoms with Gasteiger partial charge in [0.15, 0.2) is 18.2 Å². The minimum atomic E-state index is -0.781. The molecular weight excluding hydrogens is 260 g/mol. The number of aliphatic hydroxyl groups excluding tert-OH is 1. The molecule has 1 N–H and O–H groups in total. The molecule has 114 valence electrons. The van der Waals surface area contributed by atoms with Gasteiger partial charge in [0, 0.05) is 18.3 Å². The first-order chi connectivity index (χ1) is 9.46. The highest BCUT2D eigenvalue weighted by Gasteiger charge is 2.69. The monoisotopic (exact) mass is 284 g/mol. The molecule has 5 aliphatic rings. The summed E-state index contributed by atoms with van der Waals surface area (Å²) < 4.78 is 11.9. The van der Waals surface area contributed by atoms with E-state index in [1.165, 1.54) is 6.42 Å². The van der Waals surface area contributed by atoms with E-state index in [0.29, 0.717) is 11.8 Å². The third kappa shape index (κ3) is 1.56. The molecule has 2 bridgehead atoms. The van der Waals surface area contributed by atoms with Crippen LogP contribution < -0.4 is 0 Å². The van der Waals surface area contributed by atoms with Crippen molar-refractivity contribution in [1.82, 2.24) is 0 Å². The molecule has 1 aliphatic carbocycles. The van der Waals surface area contributed by atoms with E-state index in [4.69, 9.17) is 19.2 Å². The molecule has 8 atom stereocenters. The van der Waals surface area contributed by atoms with Gasteiger partial charge in [-0.25, -0.2) is 9.78 Å². The third-order valence-electron chi connectivity index (χ3n) is 6.12. The largest absolute Gasteiger partial charge is 0.368 e. The van der Waals surface area contributed by atoms with Crippen molar-refractivity contribution in [2.45, 2.75) is 70.4 Å². The van der Waals surface area contributed by atoms with Crippen molar-refractivity contribution in [2.75, 3.05) is 0 Å². The SMILES string of the molecule is C[C@H]1C(O)O[C@@H]2OC3(C)CCC4[C@H](C)CCC1[C@]42OO3. The van der Waals surface area contributed by atoms with E-state index in [9.17, 15) is 5.11 Å². The molecule has 5 nitrogen and oxygen atoms in total. The molecule has 0 aromatic rings. The summed E-state index contributed by atoms with van der Waals surface area (Å²) >= 11 is 0. The molecule has 4 unspecified atom stereocenters. The average molecular weight is 284 g/mol. The molecular formula is C15H24O5. The second kappa shape index (κ2) is 4.17. The second-order valence-electron chi connectivity index (χ2n) is 7.30. The highest BCUT2D eigenvalue weighted by Crippen LogP contribution is 2.60. The van der Waals surface area contributed by atoms with Gasteiger partial charge in [0.05, 0.1) is 0 Å². The van der Waals surface area contributed by atoms with Gasteiger partial charge in [-0.3, -0.25) is 0 Å². The van der Waals surface area contributed by atoms with Gasteiger partial charge in [0.25, 0.3) is 0 Å². The number of hydrogen-bond acceptors (Lipinski definition) is 5. The first kappa shape index (κ1) is 13.5. The zero-order chi connectivity index (χ0) is 14.1. The van der Waals surface area contributed by atoms with Gasteiger partial charge in [-0.1, -0.05) is 13.8 Å². The highest BCUT2D eigenvalue weighted by atomic mass is 17.3. The van der Waals surface area contributed by atoms with Crippen molar-refractivity contribution in [3.05, 3.63) is 0 Å². The van der Waals surface area contributed by atoms with Crippen LogP contribution in [-0.4, -0.2) is 29.1 Å². The lowest BCUT2D eigenvalue weighted by atomic mass is 9.58. The van der Waals surface area contributed by atoms with E-state index in [-0.39, 0.29) is 11.8 Å². The molecule has 5 fully saturated rings. The topological polar surface area (TPSA) is 57.2 Å². The fourth-order valence-electron chi connectivity index (χ4n) is 4.89. The molecule has 4 saturated heterocycles. The van der Waals surface area contributed by atoms with Crippen LogP contribution in [0.25, 0.3) is 0 Å². The molecule has 5 rings (SSSR count). The standard InChI is InChI=1S/C15H24O5/c1-8-4-5-11-9(2)12(16)17-13-15(11)10(8)6-7-14(3,18-13)19-20-15/h8-13,16H,4-7H2,1-3H3/t8-,9-,10?,11?,12?,13-,14?,15-/m1/s1. The maximum Gasteiger partial charge on any atom is 0.201 e. The van der Waals surface area contributed by atoms with Crippen molar-refractivity contribution in [2.24, 2.45) is 23.7 Å². The molecule has 0 radical (unpaired) electrons. The Morgan fingerprint density at radius 1 is 1.05 bits per heavy atom. The van der Waals surface area contributed by atoms with Crippen LogP contribution in [0.15, 0.2) is 0 Å². The van der Waals surface area contributed by atoms with Gasteiger partial charge >= 0.3 is 0 Å². The zero-order valence-corrected chi connectivity index (χ0v) is 12.4. The average Bonchev–Trinajstić information content (AvgIpc) is 2.63. The molecule has 0 aromatic heterocycles. The van der Waals surface area contributed by atoms with Crippen LogP contribution in [0.1, 0.15) is 46.5 Å². The Labute approximate surface area is 119 Å². The quantitative estimate of drug-likeness (QED) is 0.691. The fourth-order valence-corrected chi connectivity index (χ4v) is 4.89. The number of ether oxygens (including phenoxy) is 2. The predicted octanol–water partition coefficient (Wildman–Crippen LogP) is 2.19. The Hall–Kier alpha value is -0.200. The van der Waals surface area contributed by atoms with E-state index in [1.54, 1.807) is 0 Å². The first-order valence-electron chi connectivity index (χ1n) is 7.84. The van der Waals surface area contributed by atoms with Crippen LogP contribution in [0.3, 0.4) is 0 Å². The van der Waals surface area contributed by atoms with Crippen molar-refractivity contribution in [3.63, 3.8) is 0 Å². The number of hydrogen-bond donors (Lipinski definition) is 1. The fraction of sp³-hybridized carbons (Fsp3) is 1.00. The summed E-state index contributed by atoms with van der Waals surface area (Å²) in [7, 11) is 0. The maximum absolute atomic E-state index is 10.2. The zero-order valence-electron chi connectivity index (χ0n) is 12.4. The van der Waals surface area contributed by atoms with Crippen molar-refractivity contribution in [3.8, 4) is 0 Å². The van der Waals surface area contributed by atoms with Crippen molar-refractivity contribution < 1.29 is 24.4 Å². The van der Waals surface area contributed by atoms with Gasteiger partial charge in [-0.15, -0.1) is 0 Å². The van der Waals surface area contributed by atoms with E-state index in [2.05, 4.69) is 6.92 Å². The molecule has 1 saturated carbocycles.